The molecular weight excluding hydrogens is 1980 g/mol. The molecule has 4 aromatic carbocycles. The molecule has 20 rings (SSSR count). The third-order valence-electron chi connectivity index (χ3n) is 32.3. The summed E-state index contributed by atoms with van der Waals surface area (Å²) in [5, 5.41) is 48.1. The molecule has 150 heavy (non-hydrogen) atoms. The molecule has 798 valence electrons. The van der Waals surface area contributed by atoms with Crippen molar-refractivity contribution in [3.05, 3.63) is 196 Å². The van der Waals surface area contributed by atoms with E-state index in [1.165, 1.54) is 35.2 Å². The predicted molar refractivity (Wildman–Crippen MR) is 587 cm³/mol. The van der Waals surface area contributed by atoms with Crippen molar-refractivity contribution in [3.8, 4) is 45.0 Å². The highest BCUT2D eigenvalue weighted by Crippen LogP contribution is 2.46. The number of likely N-dealkylation sites (N-methyl/N-ethyl adjacent to an activating group) is 2. The van der Waals surface area contributed by atoms with Crippen LogP contribution in [0.25, 0.3) is 83.1 Å². The second-order valence-corrected chi connectivity index (χ2v) is 45.5. The molecule has 12 aromatic rings. The second kappa shape index (κ2) is 49.8. The highest BCUT2D eigenvalue weighted by Gasteiger charge is 2.47. The fourth-order valence-electron chi connectivity index (χ4n) is 22.5. The van der Waals surface area contributed by atoms with E-state index in [0.717, 1.165) is 213 Å². The fourth-order valence-corrected chi connectivity index (χ4v) is 26.3. The van der Waals surface area contributed by atoms with Gasteiger partial charge < -0.3 is 75.2 Å². The van der Waals surface area contributed by atoms with Crippen molar-refractivity contribution in [3.63, 3.8) is 0 Å². The summed E-state index contributed by atoms with van der Waals surface area (Å²) in [6, 6.07) is 32.1. The number of aromatic nitrogens is 8. The molecule has 8 aromatic heterocycles. The number of aryl methyl sites for hydroxylation is 2. The first-order chi connectivity index (χ1) is 72.5. The number of hydrogen-bond donors (Lipinski definition) is 7. The average molecular weight is 2120 g/mol. The number of carbonyl (C=O) groups is 8. The summed E-state index contributed by atoms with van der Waals surface area (Å²) in [6.07, 6.45) is 23.1. The molecule has 6 saturated heterocycles. The number of hydrogen-bond acceptors (Lipinski definition) is 24. The number of fused-ring (bicyclic) bond motifs is 4. The van der Waals surface area contributed by atoms with E-state index in [2.05, 4.69) is 37.0 Å². The van der Waals surface area contributed by atoms with E-state index in [-0.39, 0.29) is 130 Å². The minimum atomic E-state index is -0.732. The molecule has 8 fully saturated rings. The summed E-state index contributed by atoms with van der Waals surface area (Å²) in [7, 11) is 7.03. The van der Waals surface area contributed by atoms with Gasteiger partial charge in [-0.2, -0.15) is 5.10 Å². The number of ether oxygens (including phenoxy) is 2. The molecule has 36 heteroatoms. The van der Waals surface area contributed by atoms with Gasteiger partial charge in [0.2, 0.25) is 47.3 Å². The third-order valence-corrected chi connectivity index (χ3v) is 36.1. The third kappa shape index (κ3) is 24.6. The Morgan fingerprint density at radius 3 is 1.15 bits per heavy atom. The molecule has 2 saturated carbocycles. The standard InChI is InChI=1S/C30H37FN4O3S.C30H38N4O3S.C29H36N4O4S.C25H32N6O3S/c1-18(32-3)27(36)34-26(19-12-14-30(2,38)15-13-19)29(37)35-16-6-9-25(35)28-33-24(17-39-28)22-10-11-23(31)21-8-5-4-7-20(21)22;1-4-19(2)28(36)32-27(20-11-6-5-7-12-20)30(37)34-16-10-15-25(34)29-31-23(18-38-29)22-17-26(35)33(3)24-14-9-8-13-21(22)24;1-4-18(2)27(35)31-26(19-11-14-37-15-12-19)29(36)33-13-7-10-24(33)28-30-22(17-38-28)21-16-25(34)32(3)23-9-6-5-8-20(21)23;1-16(26-2)23(32)29-22(17-8-12-34-13-9-17)25(33)30-10-5-7-21(30)24-28-19(15-35-24)18-14-27-31-11-4-3-6-20(18)31/h4-5,7-8,10-11,17-19,25-26,32,38H,6,9,12-16H2,1-3H3,(H,34,36);8-9,13-14,17-20,25,27H,4-7,10-12,15-16H2,1-3H3,(H,32,36);5-6,8-9,16-19,24,26H,4,7,10-15H2,1-3H3,(H,31,35);3-4,6,11,14-17,21-22,26H,5,7-10,12-13H2,1-2H3,(H,29,32)/t18-,19?,25-,26-,30?;19-,25+,27+;18-,24+,26+;16-,21-,22-/m0110/s1. The topological polar surface area (TPSA) is 373 Å². The molecule has 8 amide bonds. The molecule has 14 heterocycles. The monoisotopic (exact) mass is 2120 g/mol. The first-order valence-corrected chi connectivity index (χ1v) is 57.3. The average Bonchev–Trinajstić information content (AvgIpc) is 1.55. The quantitative estimate of drug-likeness (QED) is 0.0239. The summed E-state index contributed by atoms with van der Waals surface area (Å²) in [5.74, 6) is -0.777. The highest BCUT2D eigenvalue weighted by atomic mass is 32.1. The molecule has 12 atom stereocenters. The van der Waals surface area contributed by atoms with Crippen LogP contribution in [0.5, 0.6) is 0 Å². The summed E-state index contributed by atoms with van der Waals surface area (Å²) in [6.45, 7) is 18.3. The van der Waals surface area contributed by atoms with Gasteiger partial charge in [-0.05, 0) is 229 Å². The number of carbonyl (C=O) groups excluding carboxylic acids is 8. The zero-order valence-electron chi connectivity index (χ0n) is 87.8. The lowest BCUT2D eigenvalue weighted by atomic mass is 9.76. The van der Waals surface area contributed by atoms with Gasteiger partial charge in [-0.3, -0.25) is 47.9 Å². The van der Waals surface area contributed by atoms with Crippen molar-refractivity contribution in [2.24, 2.45) is 49.6 Å². The number of amides is 8. The van der Waals surface area contributed by atoms with Gasteiger partial charge in [0.05, 0.1) is 87.4 Å². The lowest BCUT2D eigenvalue weighted by Crippen LogP contribution is -2.56. The van der Waals surface area contributed by atoms with Crippen molar-refractivity contribution >= 4 is 131 Å². The Morgan fingerprint density at radius 2 is 0.753 bits per heavy atom. The minimum absolute atomic E-state index is 0.0104. The van der Waals surface area contributed by atoms with Crippen molar-refractivity contribution in [2.45, 2.75) is 262 Å². The number of rotatable bonds is 28. The Bertz CT molecular complexity index is 6690. The Balaban J connectivity index is 0.000000136. The second-order valence-electron chi connectivity index (χ2n) is 41.9. The first-order valence-electron chi connectivity index (χ1n) is 53.8. The van der Waals surface area contributed by atoms with Gasteiger partial charge in [-0.1, -0.05) is 114 Å². The highest BCUT2D eigenvalue weighted by molar-refractivity contribution is 7.11. The number of thiazole rings is 4. The number of pyridine rings is 3. The van der Waals surface area contributed by atoms with Gasteiger partial charge in [-0.15, -0.1) is 45.3 Å². The van der Waals surface area contributed by atoms with E-state index in [4.69, 9.17) is 29.4 Å². The molecule has 7 N–H and O–H groups in total. The molecule has 2 aliphatic carbocycles. The Hall–Kier alpha value is -11.7. The Kier molecular flexibility index (Phi) is 36.3. The van der Waals surface area contributed by atoms with Crippen LogP contribution in [0.2, 0.25) is 0 Å². The van der Waals surface area contributed by atoms with Gasteiger partial charge in [0.15, 0.2) is 0 Å². The number of nitrogens with one attached hydrogen (secondary N) is 6. The number of aliphatic hydroxyl groups is 1. The van der Waals surface area contributed by atoms with Crippen LogP contribution >= 0.6 is 45.3 Å². The summed E-state index contributed by atoms with van der Waals surface area (Å²) in [5.41, 5.74) is 8.50. The van der Waals surface area contributed by atoms with Gasteiger partial charge >= 0.3 is 0 Å². The molecule has 0 radical (unpaired) electrons. The number of nitrogens with zero attached hydrogens (tertiary/aromatic N) is 12. The van der Waals surface area contributed by atoms with Crippen molar-refractivity contribution in [1.82, 2.24) is 90.2 Å². The van der Waals surface area contributed by atoms with Crippen LogP contribution in [-0.2, 0) is 61.9 Å². The number of benzene rings is 4. The van der Waals surface area contributed by atoms with Gasteiger partial charge in [0.1, 0.15) is 50.0 Å². The van der Waals surface area contributed by atoms with Crippen molar-refractivity contribution in [2.75, 3.05) is 66.7 Å². The van der Waals surface area contributed by atoms with Gasteiger partial charge in [-0.25, -0.2) is 28.8 Å². The predicted octanol–water partition coefficient (Wildman–Crippen LogP) is 17.2. The minimum Gasteiger partial charge on any atom is -0.390 e. The van der Waals surface area contributed by atoms with E-state index >= 15 is 0 Å². The fraction of sp³-hybridized carbons (Fsp3) is 0.518. The maximum Gasteiger partial charge on any atom is 0.251 e. The van der Waals surface area contributed by atoms with Crippen LogP contribution in [0.3, 0.4) is 0 Å². The molecule has 0 unspecified atom stereocenters. The maximum atomic E-state index is 14.4. The molecule has 0 bridgehead atoms. The van der Waals surface area contributed by atoms with Crippen LogP contribution in [-0.4, -0.2) is 219 Å². The molecule has 6 aliphatic heterocycles. The zero-order valence-corrected chi connectivity index (χ0v) is 91.1. The smallest absolute Gasteiger partial charge is 0.251 e. The van der Waals surface area contributed by atoms with Crippen LogP contribution < -0.4 is 43.0 Å². The molecular formula is C114H143FN18O13S4. The number of para-hydroxylation sites is 2. The lowest BCUT2D eigenvalue weighted by Gasteiger charge is -2.39. The Labute approximate surface area is 891 Å². The van der Waals surface area contributed by atoms with E-state index < -0.39 is 35.8 Å². The summed E-state index contributed by atoms with van der Waals surface area (Å²) in [4.78, 5) is 160. The van der Waals surface area contributed by atoms with Crippen LogP contribution in [0.4, 0.5) is 4.39 Å². The summed E-state index contributed by atoms with van der Waals surface area (Å²) >= 11 is 6.18. The molecule has 31 nitrogen and oxygen atoms in total. The molecule has 8 aliphatic rings. The van der Waals surface area contributed by atoms with Crippen LogP contribution in [0, 0.1) is 41.3 Å². The first kappa shape index (κ1) is 109. The van der Waals surface area contributed by atoms with E-state index in [1.54, 1.807) is 98.1 Å². The van der Waals surface area contributed by atoms with Crippen LogP contribution in [0.15, 0.2) is 159 Å². The number of likely N-dealkylation sites (tertiary alicyclic amines) is 4. The van der Waals surface area contributed by atoms with E-state index in [1.807, 2.05) is 178 Å². The van der Waals surface area contributed by atoms with Gasteiger partial charge in [0.25, 0.3) is 11.1 Å². The molecule has 0 spiro atoms. The lowest BCUT2D eigenvalue weighted by molar-refractivity contribution is -0.140. The van der Waals surface area contributed by atoms with Gasteiger partial charge in [0, 0.05) is 157 Å². The van der Waals surface area contributed by atoms with Crippen molar-refractivity contribution in [1.29, 1.82) is 0 Å². The number of halogens is 1. The SMILES string of the molecule is CC[C@@H](C)C(=O)N[C@H](C(=O)N1CCC[C@H]1c1nc(-c2cc(=O)n(C)c3ccccc23)cs1)C1CCCCC1.CC[C@@H](C)C(=O)N[C@H](C(=O)N1CCC[C@H]1c1nc(-c2cc(=O)n(C)c3ccccc23)cs1)C1CCOCC1.CN[C@@H](C)C(=O)N[C@H](C(=O)N1CCC[C@H]1c1nc(-c2ccc(F)c3ccccc23)cs1)C1CCC(C)(O)CC1.CN[C@@H](C)C(=O)N[C@H](C(=O)N1CCC[C@H]1c1nc(-c2cnn3ccccc23)cs1)C1CCOCC1. The normalized spacial score (nSPS) is 21.5. The van der Waals surface area contributed by atoms with E-state index in [9.17, 15) is 57.4 Å². The van der Waals surface area contributed by atoms with Crippen LogP contribution in [0.1, 0.15) is 240 Å². The zero-order chi connectivity index (χ0) is 106. The maximum absolute atomic E-state index is 14.4. The van der Waals surface area contributed by atoms with Crippen molar-refractivity contribution < 1.29 is 57.3 Å². The van der Waals surface area contributed by atoms with E-state index in [0.29, 0.717) is 83.7 Å². The largest absolute Gasteiger partial charge is 0.390 e. The summed E-state index contributed by atoms with van der Waals surface area (Å²) < 4.78 is 30.6. The Morgan fingerprint density at radius 1 is 0.413 bits per heavy atom.